The zero-order valence-electron chi connectivity index (χ0n) is 9.66. The van der Waals surface area contributed by atoms with Crippen molar-refractivity contribution in [3.05, 3.63) is 35.4 Å². The van der Waals surface area contributed by atoms with E-state index in [1.54, 1.807) is 0 Å². The van der Waals surface area contributed by atoms with Crippen molar-refractivity contribution in [2.45, 2.75) is 33.8 Å². The molecule has 0 aliphatic rings. The highest BCUT2D eigenvalue weighted by Crippen LogP contribution is 2.06. The van der Waals surface area contributed by atoms with Crippen LogP contribution in [0.2, 0.25) is 0 Å². The second kappa shape index (κ2) is 6.23. The van der Waals surface area contributed by atoms with E-state index in [9.17, 15) is 0 Å². The predicted molar refractivity (Wildman–Crippen MR) is 62.9 cm³/mol. The highest BCUT2D eigenvalue weighted by atomic mass is 16.6. The van der Waals surface area contributed by atoms with Crippen LogP contribution in [-0.4, -0.2) is 6.21 Å². The third-order valence-electron chi connectivity index (χ3n) is 2.04. The van der Waals surface area contributed by atoms with Gasteiger partial charge in [0.2, 0.25) is 0 Å². The molecule has 0 aliphatic carbocycles. The lowest BCUT2D eigenvalue weighted by Crippen LogP contribution is -1.91. The van der Waals surface area contributed by atoms with Crippen LogP contribution in [0.4, 0.5) is 0 Å². The predicted octanol–water partition coefficient (Wildman–Crippen LogP) is 3.28. The Bertz CT molecular complexity index is 301. The van der Waals surface area contributed by atoms with Gasteiger partial charge in [0.25, 0.3) is 0 Å². The molecule has 0 atom stereocenters. The first-order valence-electron chi connectivity index (χ1n) is 5.37. The van der Waals surface area contributed by atoms with E-state index in [1.807, 2.05) is 13.8 Å². The van der Waals surface area contributed by atoms with Crippen LogP contribution >= 0.6 is 0 Å². The molecule has 81 valence electrons. The van der Waals surface area contributed by atoms with Gasteiger partial charge < -0.3 is 4.84 Å². The molecule has 15 heavy (non-hydrogen) atoms. The molecule has 0 saturated heterocycles. The maximum atomic E-state index is 5.12. The Kier molecular flexibility index (Phi) is 4.88. The fourth-order valence-corrected chi connectivity index (χ4v) is 1.12. The zero-order chi connectivity index (χ0) is 11.1. The van der Waals surface area contributed by atoms with Crippen LogP contribution in [0.5, 0.6) is 0 Å². The first-order chi connectivity index (χ1) is 7.22. The Labute approximate surface area is 91.9 Å². The largest absolute Gasteiger partial charge is 0.391 e. The zero-order valence-corrected chi connectivity index (χ0v) is 9.66. The van der Waals surface area contributed by atoms with Gasteiger partial charge in [-0.3, -0.25) is 0 Å². The standard InChI is InChI=1S/C13H18NO/c1-4-12-5-7-13(8-6-12)10-15-14-9-11(2)3/h5-8,11H,4,10H2,1-3H3. The van der Waals surface area contributed by atoms with Crippen molar-refractivity contribution in [1.82, 2.24) is 0 Å². The second-order valence-electron chi connectivity index (χ2n) is 3.82. The van der Waals surface area contributed by atoms with Gasteiger partial charge in [-0.2, -0.15) is 0 Å². The van der Waals surface area contributed by atoms with E-state index >= 15 is 0 Å². The highest BCUT2D eigenvalue weighted by Gasteiger charge is 1.93. The van der Waals surface area contributed by atoms with Crippen LogP contribution in [0, 0.1) is 5.92 Å². The summed E-state index contributed by atoms with van der Waals surface area (Å²) in [6.45, 7) is 6.70. The molecule has 0 saturated carbocycles. The van der Waals surface area contributed by atoms with E-state index in [2.05, 4.69) is 42.6 Å². The maximum Gasteiger partial charge on any atom is 0.142 e. The van der Waals surface area contributed by atoms with Gasteiger partial charge in [0.15, 0.2) is 0 Å². The van der Waals surface area contributed by atoms with E-state index in [-0.39, 0.29) is 0 Å². The molecule has 1 aromatic rings. The van der Waals surface area contributed by atoms with Gasteiger partial charge in [0, 0.05) is 5.92 Å². The van der Waals surface area contributed by atoms with Crippen LogP contribution in [0.3, 0.4) is 0 Å². The van der Waals surface area contributed by atoms with Crippen molar-refractivity contribution in [3.63, 3.8) is 0 Å². The highest BCUT2D eigenvalue weighted by molar-refractivity contribution is 5.58. The molecule has 1 radical (unpaired) electrons. The Morgan fingerprint density at radius 3 is 2.33 bits per heavy atom. The summed E-state index contributed by atoms with van der Waals surface area (Å²) in [7, 11) is 0. The SMILES string of the molecule is CCc1ccc(CO/N=[C]\C(C)C)cc1. The summed E-state index contributed by atoms with van der Waals surface area (Å²) < 4.78 is 0. The number of hydrogen-bond donors (Lipinski definition) is 0. The van der Waals surface area contributed by atoms with Crippen molar-refractivity contribution >= 4 is 6.21 Å². The molecular weight excluding hydrogens is 186 g/mol. The molecule has 0 heterocycles. The van der Waals surface area contributed by atoms with Crippen LogP contribution in [0.25, 0.3) is 0 Å². The van der Waals surface area contributed by atoms with E-state index in [1.165, 1.54) is 5.56 Å². The number of hydrogen-bond acceptors (Lipinski definition) is 2. The summed E-state index contributed by atoms with van der Waals surface area (Å²) in [6, 6.07) is 8.39. The van der Waals surface area contributed by atoms with Gasteiger partial charge in [0.1, 0.15) is 12.8 Å². The van der Waals surface area contributed by atoms with Gasteiger partial charge >= 0.3 is 0 Å². The van der Waals surface area contributed by atoms with Crippen molar-refractivity contribution < 1.29 is 4.84 Å². The molecule has 0 unspecified atom stereocenters. The van der Waals surface area contributed by atoms with Crippen LogP contribution in [0.15, 0.2) is 29.4 Å². The molecule has 0 bridgehead atoms. The van der Waals surface area contributed by atoms with Crippen molar-refractivity contribution in [3.8, 4) is 0 Å². The van der Waals surface area contributed by atoms with E-state index in [0.717, 1.165) is 12.0 Å². The quantitative estimate of drug-likeness (QED) is 0.532. The smallest absolute Gasteiger partial charge is 0.142 e. The molecule has 1 rings (SSSR count). The molecule has 0 N–H and O–H groups in total. The number of aryl methyl sites for hydroxylation is 1. The maximum absolute atomic E-state index is 5.12. The third-order valence-corrected chi connectivity index (χ3v) is 2.04. The molecule has 1 aromatic carbocycles. The molecule has 0 aliphatic heterocycles. The number of benzene rings is 1. The Hall–Kier alpha value is -1.31. The topological polar surface area (TPSA) is 21.6 Å². The Morgan fingerprint density at radius 1 is 1.20 bits per heavy atom. The summed E-state index contributed by atoms with van der Waals surface area (Å²) in [5.74, 6) is 0.312. The van der Waals surface area contributed by atoms with E-state index < -0.39 is 0 Å². The monoisotopic (exact) mass is 204 g/mol. The summed E-state index contributed by atoms with van der Waals surface area (Å²) in [5.41, 5.74) is 2.48. The van der Waals surface area contributed by atoms with Crippen LogP contribution in [-0.2, 0) is 17.9 Å². The minimum Gasteiger partial charge on any atom is -0.391 e. The van der Waals surface area contributed by atoms with Gasteiger partial charge in [0.05, 0.1) is 0 Å². The summed E-state index contributed by atoms with van der Waals surface area (Å²) >= 11 is 0. The molecule has 0 spiro atoms. The summed E-state index contributed by atoms with van der Waals surface area (Å²) in [6.07, 6.45) is 3.91. The van der Waals surface area contributed by atoms with Gasteiger partial charge in [-0.25, -0.2) is 0 Å². The first-order valence-corrected chi connectivity index (χ1v) is 5.37. The second-order valence-corrected chi connectivity index (χ2v) is 3.82. The number of nitrogens with zero attached hydrogens (tertiary/aromatic N) is 1. The Balaban J connectivity index is 2.38. The van der Waals surface area contributed by atoms with Crippen molar-refractivity contribution in [1.29, 1.82) is 0 Å². The fraction of sp³-hybridized carbons (Fsp3) is 0.462. The molecule has 2 nitrogen and oxygen atoms in total. The lowest BCUT2D eigenvalue weighted by molar-refractivity contribution is 0.131. The normalized spacial score (nSPS) is 11.2. The van der Waals surface area contributed by atoms with Crippen molar-refractivity contribution in [2.75, 3.05) is 0 Å². The molecular formula is C13H18NO. The van der Waals surface area contributed by atoms with Gasteiger partial charge in [-0.05, 0) is 17.5 Å². The average Bonchev–Trinajstić information content (AvgIpc) is 2.25. The van der Waals surface area contributed by atoms with Crippen LogP contribution < -0.4 is 0 Å². The molecule has 0 amide bonds. The van der Waals surface area contributed by atoms with E-state index in [4.69, 9.17) is 4.84 Å². The molecule has 2 heteroatoms. The molecule has 0 fully saturated rings. The summed E-state index contributed by atoms with van der Waals surface area (Å²) in [4.78, 5) is 5.12. The number of rotatable bonds is 5. The lowest BCUT2D eigenvalue weighted by Gasteiger charge is -2.01. The third kappa shape index (κ3) is 4.63. The van der Waals surface area contributed by atoms with E-state index in [0.29, 0.717) is 12.5 Å². The summed E-state index contributed by atoms with van der Waals surface area (Å²) in [5, 5.41) is 3.76. The van der Waals surface area contributed by atoms with Gasteiger partial charge in [-0.15, -0.1) is 0 Å². The lowest BCUT2D eigenvalue weighted by atomic mass is 10.1. The average molecular weight is 204 g/mol. The van der Waals surface area contributed by atoms with Crippen LogP contribution in [0.1, 0.15) is 31.9 Å². The first kappa shape index (κ1) is 11.8. The minimum absolute atomic E-state index is 0.312. The Morgan fingerprint density at radius 2 is 1.80 bits per heavy atom. The minimum atomic E-state index is 0.312. The van der Waals surface area contributed by atoms with Crippen molar-refractivity contribution in [2.24, 2.45) is 11.1 Å². The van der Waals surface area contributed by atoms with Gasteiger partial charge in [-0.1, -0.05) is 50.2 Å². The fourth-order valence-electron chi connectivity index (χ4n) is 1.12. The molecule has 0 aromatic heterocycles.